The van der Waals surface area contributed by atoms with Crippen molar-refractivity contribution in [2.75, 3.05) is 6.54 Å². The normalized spacial score (nSPS) is 20.1. The minimum Gasteiger partial charge on any atom is -0.343 e. The van der Waals surface area contributed by atoms with Gasteiger partial charge in [0.1, 0.15) is 0 Å². The number of nitrogens with one attached hydrogen (secondary N) is 1. The third-order valence-electron chi connectivity index (χ3n) is 4.05. The van der Waals surface area contributed by atoms with E-state index in [2.05, 4.69) is 20.1 Å². The van der Waals surface area contributed by atoms with Crippen LogP contribution in [0.5, 0.6) is 0 Å². The lowest BCUT2D eigenvalue weighted by atomic mass is 10.0. The molecule has 1 N–H and O–H groups in total. The van der Waals surface area contributed by atoms with Gasteiger partial charge >= 0.3 is 0 Å². The molecule has 9 heteroatoms. The Morgan fingerprint density at radius 2 is 2.13 bits per heavy atom. The lowest BCUT2D eigenvalue weighted by Crippen LogP contribution is -2.39. The van der Waals surface area contributed by atoms with E-state index in [0.717, 1.165) is 12.8 Å². The van der Waals surface area contributed by atoms with E-state index in [-0.39, 0.29) is 5.16 Å². The molecule has 120 valence electrons. The molecule has 8 nitrogen and oxygen atoms in total. The monoisotopic (exact) mass is 333 g/mol. The summed E-state index contributed by atoms with van der Waals surface area (Å²) in [6, 6.07) is 6.81. The number of aromatic nitrogens is 4. The van der Waals surface area contributed by atoms with Gasteiger partial charge < -0.3 is 9.51 Å². The minimum atomic E-state index is -3.75. The van der Waals surface area contributed by atoms with E-state index in [9.17, 15) is 8.42 Å². The number of benzene rings is 1. The summed E-state index contributed by atoms with van der Waals surface area (Å²) < 4.78 is 32.2. The second-order valence-corrected chi connectivity index (χ2v) is 7.28. The lowest BCUT2D eigenvalue weighted by molar-refractivity contribution is 0.239. The molecule has 0 bridgehead atoms. The van der Waals surface area contributed by atoms with Crippen molar-refractivity contribution < 1.29 is 12.9 Å². The first-order valence-electron chi connectivity index (χ1n) is 7.39. The molecule has 4 rings (SSSR count). The van der Waals surface area contributed by atoms with Crippen LogP contribution in [0.4, 0.5) is 0 Å². The van der Waals surface area contributed by atoms with Gasteiger partial charge in [0.2, 0.25) is 11.6 Å². The Hall–Kier alpha value is -2.26. The maximum atomic E-state index is 13.0. The van der Waals surface area contributed by atoms with Gasteiger partial charge in [-0.3, -0.25) is 0 Å². The highest BCUT2D eigenvalue weighted by molar-refractivity contribution is 7.89. The molecule has 1 aromatic carbocycles. The fourth-order valence-electron chi connectivity index (χ4n) is 2.94. The number of piperidine rings is 1. The fraction of sp³-hybridized carbons (Fsp3) is 0.357. The Morgan fingerprint density at radius 3 is 2.91 bits per heavy atom. The highest BCUT2D eigenvalue weighted by Crippen LogP contribution is 2.33. The number of hydrogen-bond donors (Lipinski definition) is 1. The predicted molar refractivity (Wildman–Crippen MR) is 80.9 cm³/mol. The Kier molecular flexibility index (Phi) is 3.38. The SMILES string of the molecule is O=S(=O)(c1nc2ccccc2[nH]1)N1CCCC[C@H]1c1ncon1. The number of sulfonamides is 1. The van der Waals surface area contributed by atoms with E-state index >= 15 is 0 Å². The maximum absolute atomic E-state index is 13.0. The third-order valence-corrected chi connectivity index (χ3v) is 5.79. The summed E-state index contributed by atoms with van der Waals surface area (Å²) >= 11 is 0. The maximum Gasteiger partial charge on any atom is 0.277 e. The van der Waals surface area contributed by atoms with Crippen molar-refractivity contribution in [2.24, 2.45) is 0 Å². The first kappa shape index (κ1) is 14.3. The fourth-order valence-corrected chi connectivity index (χ4v) is 4.52. The first-order valence-corrected chi connectivity index (χ1v) is 8.83. The zero-order valence-electron chi connectivity index (χ0n) is 12.2. The molecule has 0 saturated carbocycles. The molecule has 3 heterocycles. The molecule has 1 aliphatic rings. The summed E-state index contributed by atoms with van der Waals surface area (Å²) in [5, 5.41) is 3.77. The van der Waals surface area contributed by atoms with Crippen molar-refractivity contribution >= 4 is 21.1 Å². The highest BCUT2D eigenvalue weighted by Gasteiger charge is 2.38. The average molecular weight is 333 g/mol. The quantitative estimate of drug-likeness (QED) is 0.784. The second-order valence-electron chi connectivity index (χ2n) is 5.48. The summed E-state index contributed by atoms with van der Waals surface area (Å²) in [7, 11) is -3.75. The van der Waals surface area contributed by atoms with E-state index in [1.54, 1.807) is 12.1 Å². The summed E-state index contributed by atoms with van der Waals surface area (Å²) in [6.07, 6.45) is 3.61. The lowest BCUT2D eigenvalue weighted by Gasteiger charge is -2.31. The molecule has 0 amide bonds. The molecule has 0 aliphatic carbocycles. The van der Waals surface area contributed by atoms with Crippen molar-refractivity contribution in [1.29, 1.82) is 0 Å². The number of hydrogen-bond acceptors (Lipinski definition) is 6. The largest absolute Gasteiger partial charge is 0.343 e. The van der Waals surface area contributed by atoms with Crippen molar-refractivity contribution in [3.8, 4) is 0 Å². The number of aromatic amines is 1. The van der Waals surface area contributed by atoms with Crippen molar-refractivity contribution in [1.82, 2.24) is 24.4 Å². The smallest absolute Gasteiger partial charge is 0.277 e. The van der Waals surface area contributed by atoms with Crippen LogP contribution in [0.15, 0.2) is 40.3 Å². The Balaban J connectivity index is 1.76. The summed E-state index contributed by atoms with van der Waals surface area (Å²) in [5.74, 6) is 0.393. The molecule has 2 aromatic heterocycles. The van der Waals surface area contributed by atoms with E-state index in [1.807, 2.05) is 12.1 Å². The number of fused-ring (bicyclic) bond motifs is 1. The van der Waals surface area contributed by atoms with E-state index in [0.29, 0.717) is 29.8 Å². The molecule has 3 aromatic rings. The Bertz CT molecular complexity index is 886. The summed E-state index contributed by atoms with van der Waals surface area (Å²) in [5.41, 5.74) is 1.32. The van der Waals surface area contributed by atoms with Crippen molar-refractivity contribution in [2.45, 2.75) is 30.5 Å². The predicted octanol–water partition coefficient (Wildman–Crippen LogP) is 1.86. The number of nitrogens with zero attached hydrogens (tertiary/aromatic N) is 4. The van der Waals surface area contributed by atoms with E-state index in [1.165, 1.54) is 10.7 Å². The van der Waals surface area contributed by atoms with Gasteiger partial charge in [-0.1, -0.05) is 23.7 Å². The Labute approximate surface area is 132 Å². The molecule has 1 atom stereocenters. The molecule has 1 saturated heterocycles. The third kappa shape index (κ3) is 2.41. The van der Waals surface area contributed by atoms with Gasteiger partial charge in [-0.2, -0.15) is 9.29 Å². The van der Waals surface area contributed by atoms with Crippen LogP contribution in [0, 0.1) is 0 Å². The zero-order chi connectivity index (χ0) is 15.9. The molecule has 0 unspecified atom stereocenters. The van der Waals surface area contributed by atoms with Gasteiger partial charge in [-0.25, -0.2) is 13.4 Å². The molecule has 1 aliphatic heterocycles. The molecular weight excluding hydrogens is 318 g/mol. The highest BCUT2D eigenvalue weighted by atomic mass is 32.2. The van der Waals surface area contributed by atoms with Gasteiger partial charge in [0.25, 0.3) is 10.0 Å². The first-order chi connectivity index (χ1) is 11.2. The van der Waals surface area contributed by atoms with Crippen molar-refractivity contribution in [3.05, 3.63) is 36.5 Å². The van der Waals surface area contributed by atoms with Gasteiger partial charge in [0.05, 0.1) is 17.1 Å². The number of imidazole rings is 1. The standard InChI is InChI=1S/C14H15N5O3S/c20-23(21,14-16-10-5-1-2-6-11(10)17-14)19-8-4-3-7-12(19)13-15-9-22-18-13/h1-2,5-6,9,12H,3-4,7-8H2,(H,16,17)/t12-/m0/s1. The van der Waals surface area contributed by atoms with Gasteiger partial charge in [-0.05, 0) is 25.0 Å². The molecule has 23 heavy (non-hydrogen) atoms. The van der Waals surface area contributed by atoms with Crippen LogP contribution < -0.4 is 0 Å². The van der Waals surface area contributed by atoms with Gasteiger partial charge in [0.15, 0.2) is 5.82 Å². The average Bonchev–Trinajstić information content (AvgIpc) is 3.24. The molecule has 0 spiro atoms. The van der Waals surface area contributed by atoms with Crippen LogP contribution in [-0.4, -0.2) is 39.4 Å². The minimum absolute atomic E-state index is 0.0471. The van der Waals surface area contributed by atoms with Gasteiger partial charge in [0, 0.05) is 6.54 Å². The van der Waals surface area contributed by atoms with Crippen LogP contribution >= 0.6 is 0 Å². The van der Waals surface area contributed by atoms with Crippen LogP contribution in [-0.2, 0) is 10.0 Å². The molecular formula is C14H15N5O3S. The summed E-state index contributed by atoms with van der Waals surface area (Å²) in [6.45, 7) is 0.415. The number of H-pyrrole nitrogens is 1. The number of rotatable bonds is 3. The van der Waals surface area contributed by atoms with Crippen LogP contribution in [0.1, 0.15) is 31.1 Å². The van der Waals surface area contributed by atoms with Crippen LogP contribution in [0.2, 0.25) is 0 Å². The Morgan fingerprint density at radius 1 is 1.26 bits per heavy atom. The van der Waals surface area contributed by atoms with Gasteiger partial charge in [-0.15, -0.1) is 0 Å². The van der Waals surface area contributed by atoms with E-state index < -0.39 is 16.1 Å². The summed E-state index contributed by atoms with van der Waals surface area (Å²) in [4.78, 5) is 11.1. The zero-order valence-corrected chi connectivity index (χ0v) is 13.0. The topological polar surface area (TPSA) is 105 Å². The molecule has 0 radical (unpaired) electrons. The number of para-hydroxylation sites is 2. The van der Waals surface area contributed by atoms with E-state index in [4.69, 9.17) is 4.52 Å². The van der Waals surface area contributed by atoms with Crippen LogP contribution in [0.3, 0.4) is 0 Å². The van der Waals surface area contributed by atoms with Crippen LogP contribution in [0.25, 0.3) is 11.0 Å². The second kappa shape index (κ2) is 5.43. The van der Waals surface area contributed by atoms with Crippen molar-refractivity contribution in [3.63, 3.8) is 0 Å². The molecule has 1 fully saturated rings.